The maximum Gasteiger partial charge on any atom is 0.348 e. The maximum atomic E-state index is 13.8. The van der Waals surface area contributed by atoms with E-state index in [1.54, 1.807) is 18.3 Å². The molecule has 2 amide bonds. The molecule has 1 saturated heterocycles. The Labute approximate surface area is 280 Å². The Morgan fingerprint density at radius 1 is 1.02 bits per heavy atom. The van der Waals surface area contributed by atoms with Crippen molar-refractivity contribution in [3.8, 4) is 22.6 Å². The van der Waals surface area contributed by atoms with E-state index < -0.39 is 12.0 Å². The molecular weight excluding hydrogens is 632 g/mol. The lowest BCUT2D eigenvalue weighted by atomic mass is 10.00. The molecule has 3 aromatic heterocycles. The Hall–Kier alpha value is -5.56. The average molecular weight is 665 g/mol. The predicted molar refractivity (Wildman–Crippen MR) is 179 cm³/mol. The molecule has 0 saturated carbocycles. The van der Waals surface area contributed by atoms with Crippen LogP contribution in [0.1, 0.15) is 37.6 Å². The zero-order chi connectivity index (χ0) is 33.2. The second-order valence-corrected chi connectivity index (χ2v) is 12.6. The number of thiophene rings is 1. The highest BCUT2D eigenvalue weighted by atomic mass is 32.1. The Morgan fingerprint density at radius 2 is 1.85 bits per heavy atom. The summed E-state index contributed by atoms with van der Waals surface area (Å²) in [5.41, 5.74) is 3.56. The number of carbonyl (C=O) groups excluding carboxylic acids is 3. The first-order chi connectivity index (χ1) is 23.4. The van der Waals surface area contributed by atoms with E-state index in [1.165, 1.54) is 31.0 Å². The number of ether oxygens (including phenoxy) is 3. The topological polar surface area (TPSA) is 145 Å². The van der Waals surface area contributed by atoms with E-state index in [9.17, 15) is 14.4 Å². The first-order valence-corrected chi connectivity index (χ1v) is 16.3. The first-order valence-electron chi connectivity index (χ1n) is 15.4. The molecule has 6 heterocycles. The number of amides is 2. The molecule has 5 aromatic rings. The van der Waals surface area contributed by atoms with Gasteiger partial charge in [0, 0.05) is 44.0 Å². The van der Waals surface area contributed by atoms with Crippen molar-refractivity contribution in [3.05, 3.63) is 94.9 Å². The van der Waals surface area contributed by atoms with Gasteiger partial charge in [0.25, 0.3) is 11.8 Å². The zero-order valence-electron chi connectivity index (χ0n) is 26.3. The number of aryl methyl sites for hydroxylation is 1. The van der Waals surface area contributed by atoms with Gasteiger partial charge in [-0.15, -0.1) is 11.3 Å². The van der Waals surface area contributed by atoms with E-state index in [0.717, 1.165) is 27.6 Å². The molecule has 244 valence electrons. The molecule has 13 heteroatoms. The molecule has 0 radical (unpaired) electrons. The molecule has 3 aliphatic rings. The summed E-state index contributed by atoms with van der Waals surface area (Å²) in [6.07, 6.45) is 4.91. The minimum Gasteiger partial charge on any atom is -0.488 e. The highest BCUT2D eigenvalue weighted by molar-refractivity contribution is 7.20. The number of pyridine rings is 1. The van der Waals surface area contributed by atoms with Gasteiger partial charge in [-0.05, 0) is 53.9 Å². The third-order valence-electron chi connectivity index (χ3n) is 8.48. The van der Waals surface area contributed by atoms with Crippen LogP contribution in [0, 0.1) is 6.92 Å². The van der Waals surface area contributed by atoms with Gasteiger partial charge >= 0.3 is 5.97 Å². The van der Waals surface area contributed by atoms with Gasteiger partial charge in [0.15, 0.2) is 6.61 Å². The van der Waals surface area contributed by atoms with Gasteiger partial charge in [-0.25, -0.2) is 14.8 Å². The lowest BCUT2D eigenvalue weighted by Crippen LogP contribution is -2.57. The molecule has 8 rings (SSSR count). The van der Waals surface area contributed by atoms with Crippen molar-refractivity contribution in [1.82, 2.24) is 25.6 Å². The van der Waals surface area contributed by atoms with Crippen LogP contribution in [-0.4, -0.2) is 71.7 Å². The van der Waals surface area contributed by atoms with Gasteiger partial charge in [-0.3, -0.25) is 14.6 Å². The third kappa shape index (κ3) is 6.36. The summed E-state index contributed by atoms with van der Waals surface area (Å²) in [5.74, 6) is 0.886. The Kier molecular flexibility index (Phi) is 8.59. The van der Waals surface area contributed by atoms with Crippen LogP contribution in [0.2, 0.25) is 0 Å². The Morgan fingerprint density at radius 3 is 2.69 bits per heavy atom. The smallest absolute Gasteiger partial charge is 0.348 e. The molecule has 2 atom stereocenters. The number of carbonyl (C=O) groups is 3. The van der Waals surface area contributed by atoms with Crippen molar-refractivity contribution < 1.29 is 28.6 Å². The lowest BCUT2D eigenvalue weighted by molar-refractivity contribution is -0.123. The molecule has 0 aliphatic carbocycles. The first kappa shape index (κ1) is 31.1. The van der Waals surface area contributed by atoms with Gasteiger partial charge < -0.3 is 29.7 Å². The number of hydrogen-bond acceptors (Lipinski definition) is 11. The Bertz CT molecular complexity index is 2010. The van der Waals surface area contributed by atoms with Gasteiger partial charge in [-0.2, -0.15) is 0 Å². The number of methoxy groups -OCH3 is 1. The average Bonchev–Trinajstić information content (AvgIpc) is 3.47. The molecule has 3 aliphatic heterocycles. The van der Waals surface area contributed by atoms with E-state index in [2.05, 4.69) is 30.5 Å². The van der Waals surface area contributed by atoms with Crippen molar-refractivity contribution in [2.75, 3.05) is 31.7 Å². The number of aromatic nitrogens is 3. The number of rotatable bonds is 2. The second kappa shape index (κ2) is 13.3. The van der Waals surface area contributed by atoms with Crippen molar-refractivity contribution in [3.63, 3.8) is 0 Å². The number of hydrogen-bond donors (Lipinski definition) is 2. The molecule has 6 bridgehead atoms. The maximum absolute atomic E-state index is 13.8. The van der Waals surface area contributed by atoms with Crippen LogP contribution in [0.3, 0.4) is 0 Å². The summed E-state index contributed by atoms with van der Waals surface area (Å²) in [7, 11) is 1.36. The van der Waals surface area contributed by atoms with E-state index in [1.807, 2.05) is 49.4 Å². The van der Waals surface area contributed by atoms with Crippen molar-refractivity contribution in [2.45, 2.75) is 32.0 Å². The third-order valence-corrected chi connectivity index (χ3v) is 9.66. The summed E-state index contributed by atoms with van der Waals surface area (Å²) in [4.78, 5) is 55.5. The highest BCUT2D eigenvalue weighted by Gasteiger charge is 2.34. The fourth-order valence-electron chi connectivity index (χ4n) is 5.98. The van der Waals surface area contributed by atoms with E-state index in [4.69, 9.17) is 14.2 Å². The van der Waals surface area contributed by atoms with Crippen molar-refractivity contribution >= 4 is 45.2 Å². The quantitative estimate of drug-likeness (QED) is 0.262. The van der Waals surface area contributed by atoms with Crippen LogP contribution in [0.4, 0.5) is 5.82 Å². The predicted octanol–water partition coefficient (Wildman–Crippen LogP) is 4.31. The van der Waals surface area contributed by atoms with Crippen LogP contribution in [-0.2, 0) is 16.1 Å². The summed E-state index contributed by atoms with van der Waals surface area (Å²) in [5, 5.41) is 6.89. The Balaban J connectivity index is 1.23. The largest absolute Gasteiger partial charge is 0.488 e. The number of nitrogens with one attached hydrogen (secondary N) is 2. The number of esters is 1. The summed E-state index contributed by atoms with van der Waals surface area (Å²) >= 11 is 1.27. The van der Waals surface area contributed by atoms with E-state index in [0.29, 0.717) is 58.6 Å². The van der Waals surface area contributed by atoms with Crippen LogP contribution < -0.4 is 25.0 Å². The normalized spacial score (nSPS) is 18.2. The summed E-state index contributed by atoms with van der Waals surface area (Å²) in [6, 6.07) is 16.2. The highest BCUT2D eigenvalue weighted by Crippen LogP contribution is 2.36. The van der Waals surface area contributed by atoms with Gasteiger partial charge in [-0.1, -0.05) is 24.3 Å². The fraction of sp³-hybridized carbons (Fsp3) is 0.257. The van der Waals surface area contributed by atoms with Crippen LogP contribution in [0.15, 0.2) is 73.3 Å². The monoisotopic (exact) mass is 664 g/mol. The van der Waals surface area contributed by atoms with E-state index in [-0.39, 0.29) is 24.5 Å². The summed E-state index contributed by atoms with van der Waals surface area (Å²) < 4.78 is 17.2. The van der Waals surface area contributed by atoms with Crippen molar-refractivity contribution in [2.24, 2.45) is 0 Å². The SMILES string of the molecule is COC(=O)c1sc2ncnc(N3CC[C@@H]4Oc5ccc(cc5)CNC(=O)COc5cccc(c5)-c5cncc(c5)C(=O)N[C@@H]4C3)c2c1C. The number of piperidine rings is 1. The fourth-order valence-corrected chi connectivity index (χ4v) is 7.04. The van der Waals surface area contributed by atoms with Crippen molar-refractivity contribution in [1.29, 1.82) is 0 Å². The van der Waals surface area contributed by atoms with Gasteiger partial charge in [0.2, 0.25) is 0 Å². The lowest BCUT2D eigenvalue weighted by Gasteiger charge is -2.39. The molecule has 0 unspecified atom stereocenters. The standard InChI is InChI=1S/C35H32N6O6S/c1-20-30-32(38-19-39-34(30)48-31(20)35(44)45-2)41-11-10-28-27(17-41)40-33(43)24-12-23(15-36-16-24)22-4-3-5-26(13-22)46-18-29(42)37-14-21-6-8-25(47-28)9-7-21/h3-9,12-13,15-16,19,27-28H,10-11,14,17-18H2,1-2H3,(H,37,42)(H,40,43)/t27-,28+/m1/s1. The summed E-state index contributed by atoms with van der Waals surface area (Å²) in [6.45, 7) is 3.05. The van der Waals surface area contributed by atoms with Crippen LogP contribution >= 0.6 is 11.3 Å². The molecule has 2 aromatic carbocycles. The van der Waals surface area contributed by atoms with Crippen LogP contribution in [0.25, 0.3) is 21.3 Å². The molecule has 12 nitrogen and oxygen atoms in total. The number of nitrogens with zero attached hydrogens (tertiary/aromatic N) is 4. The number of benzene rings is 2. The number of fused-ring (bicyclic) bond motifs is 8. The molecule has 0 spiro atoms. The molecule has 2 N–H and O–H groups in total. The zero-order valence-corrected chi connectivity index (χ0v) is 27.1. The van der Waals surface area contributed by atoms with Gasteiger partial charge in [0.05, 0.1) is 24.1 Å². The van der Waals surface area contributed by atoms with E-state index >= 15 is 0 Å². The molecular formula is C35H32N6O6S. The van der Waals surface area contributed by atoms with Crippen LogP contribution in [0.5, 0.6) is 11.5 Å². The second-order valence-electron chi connectivity index (χ2n) is 11.6. The minimum atomic E-state index is -0.444. The van der Waals surface area contributed by atoms with Gasteiger partial charge in [0.1, 0.15) is 39.5 Å². The molecule has 48 heavy (non-hydrogen) atoms. The minimum absolute atomic E-state index is 0.135. The number of anilines is 1. The molecule has 1 fully saturated rings.